The largest absolute Gasteiger partial charge is 0.347 e. The van der Waals surface area contributed by atoms with Crippen LogP contribution in [0.4, 0.5) is 0 Å². The maximum Gasteiger partial charge on any atom is 0.244 e. The first-order chi connectivity index (χ1) is 15.9. The van der Waals surface area contributed by atoms with Crippen molar-refractivity contribution >= 4 is 21.8 Å². The lowest BCUT2D eigenvalue weighted by molar-refractivity contribution is -0.116. The second kappa shape index (κ2) is 9.58. The molecular formula is C24H21N5O3S. The molecule has 8 nitrogen and oxygen atoms in total. The third-order valence-electron chi connectivity index (χ3n) is 4.81. The van der Waals surface area contributed by atoms with Gasteiger partial charge in [-0.3, -0.25) is 14.8 Å². The fourth-order valence-electron chi connectivity index (χ4n) is 3.13. The highest BCUT2D eigenvalue weighted by Gasteiger charge is 2.12. The van der Waals surface area contributed by atoms with Crippen molar-refractivity contribution in [1.29, 1.82) is 0 Å². The number of carbonyl (C=O) groups is 1. The third-order valence-corrected chi connectivity index (χ3v) is 5.94. The van der Waals surface area contributed by atoms with Crippen molar-refractivity contribution in [3.05, 3.63) is 96.7 Å². The van der Waals surface area contributed by atoms with Crippen LogP contribution in [0.2, 0.25) is 0 Å². The summed E-state index contributed by atoms with van der Waals surface area (Å²) in [5.74, 6) is -0.258. The lowest BCUT2D eigenvalue weighted by Gasteiger charge is -2.03. The summed E-state index contributed by atoms with van der Waals surface area (Å²) >= 11 is 0. The number of hydrogen-bond acceptors (Lipinski definition) is 6. The van der Waals surface area contributed by atoms with Crippen LogP contribution in [0.15, 0.2) is 90.4 Å². The predicted octanol–water partition coefficient (Wildman–Crippen LogP) is 3.06. The molecule has 0 unspecified atom stereocenters. The molecule has 0 aliphatic rings. The van der Waals surface area contributed by atoms with Crippen LogP contribution in [0.5, 0.6) is 0 Å². The van der Waals surface area contributed by atoms with Crippen LogP contribution in [-0.2, 0) is 21.2 Å². The number of rotatable bonds is 7. The minimum absolute atomic E-state index is 0.234. The summed E-state index contributed by atoms with van der Waals surface area (Å²) < 4.78 is 25.1. The Labute approximate surface area is 191 Å². The van der Waals surface area contributed by atoms with E-state index in [0.29, 0.717) is 17.9 Å². The van der Waals surface area contributed by atoms with E-state index >= 15 is 0 Å². The maximum atomic E-state index is 12.3. The molecule has 0 saturated heterocycles. The van der Waals surface area contributed by atoms with Crippen molar-refractivity contribution in [2.24, 2.45) is 0 Å². The summed E-state index contributed by atoms with van der Waals surface area (Å²) in [5, 5.41) is 7.47. The van der Waals surface area contributed by atoms with E-state index < -0.39 is 9.84 Å². The molecule has 0 spiro atoms. The Hall–Kier alpha value is -4.11. The van der Waals surface area contributed by atoms with E-state index in [0.717, 1.165) is 16.8 Å². The van der Waals surface area contributed by atoms with Gasteiger partial charge in [0.1, 0.15) is 5.69 Å². The molecule has 4 rings (SSSR count). The van der Waals surface area contributed by atoms with Gasteiger partial charge in [0.25, 0.3) is 0 Å². The minimum Gasteiger partial charge on any atom is -0.347 e. The topological polar surface area (TPSA) is 107 Å². The Morgan fingerprint density at radius 3 is 2.45 bits per heavy atom. The quantitative estimate of drug-likeness (QED) is 0.426. The van der Waals surface area contributed by atoms with E-state index in [4.69, 9.17) is 0 Å². The van der Waals surface area contributed by atoms with E-state index in [-0.39, 0.29) is 10.8 Å². The van der Waals surface area contributed by atoms with Crippen molar-refractivity contribution in [3.8, 4) is 16.9 Å². The first-order valence-electron chi connectivity index (χ1n) is 10.1. The van der Waals surface area contributed by atoms with Gasteiger partial charge in [-0.25, -0.2) is 13.1 Å². The van der Waals surface area contributed by atoms with E-state index in [1.165, 1.54) is 12.3 Å². The molecule has 0 atom stereocenters. The highest BCUT2D eigenvalue weighted by molar-refractivity contribution is 7.90. The number of carbonyl (C=O) groups excluding carboxylic acids is 1. The number of aromatic nitrogens is 4. The Kier molecular flexibility index (Phi) is 6.41. The van der Waals surface area contributed by atoms with Crippen molar-refractivity contribution in [2.75, 3.05) is 6.26 Å². The van der Waals surface area contributed by atoms with Gasteiger partial charge in [-0.2, -0.15) is 5.10 Å². The molecule has 0 radical (unpaired) electrons. The van der Waals surface area contributed by atoms with Gasteiger partial charge >= 0.3 is 0 Å². The SMILES string of the molecule is CS(=O)(=O)c1ccc(-n2cc(/C=C/C(=O)NCc3ccccn3)c(-c3ccncc3)n2)cc1. The maximum absolute atomic E-state index is 12.3. The van der Waals surface area contributed by atoms with E-state index in [9.17, 15) is 13.2 Å². The average Bonchev–Trinajstić information content (AvgIpc) is 3.26. The molecule has 0 saturated carbocycles. The number of sulfone groups is 1. The van der Waals surface area contributed by atoms with E-state index in [1.807, 2.05) is 30.3 Å². The summed E-state index contributed by atoms with van der Waals surface area (Å²) in [4.78, 5) is 20.8. The lowest BCUT2D eigenvalue weighted by Crippen LogP contribution is -2.20. The van der Waals surface area contributed by atoms with Gasteiger partial charge < -0.3 is 5.32 Å². The van der Waals surface area contributed by atoms with Crippen molar-refractivity contribution < 1.29 is 13.2 Å². The average molecular weight is 460 g/mol. The molecule has 0 aliphatic carbocycles. The van der Waals surface area contributed by atoms with Crippen LogP contribution in [-0.4, -0.2) is 40.3 Å². The van der Waals surface area contributed by atoms with Crippen LogP contribution in [0.1, 0.15) is 11.3 Å². The minimum atomic E-state index is -3.29. The molecule has 33 heavy (non-hydrogen) atoms. The fourth-order valence-corrected chi connectivity index (χ4v) is 3.76. The second-order valence-corrected chi connectivity index (χ2v) is 9.27. The highest BCUT2D eigenvalue weighted by atomic mass is 32.2. The molecule has 1 N–H and O–H groups in total. The number of benzene rings is 1. The van der Waals surface area contributed by atoms with Crippen LogP contribution in [0.3, 0.4) is 0 Å². The molecule has 4 aromatic rings. The second-order valence-electron chi connectivity index (χ2n) is 7.25. The molecule has 0 bridgehead atoms. The van der Waals surface area contributed by atoms with Crippen molar-refractivity contribution in [1.82, 2.24) is 25.1 Å². The molecule has 9 heteroatoms. The van der Waals surface area contributed by atoms with Crippen LogP contribution in [0.25, 0.3) is 23.0 Å². The first kappa shape index (κ1) is 22.1. The van der Waals surface area contributed by atoms with Gasteiger partial charge in [0.15, 0.2) is 9.84 Å². The summed E-state index contributed by atoms with van der Waals surface area (Å²) in [6.07, 6.45) is 11.1. The van der Waals surface area contributed by atoms with Gasteiger partial charge in [-0.1, -0.05) is 6.07 Å². The fraction of sp³-hybridized carbons (Fsp3) is 0.0833. The Morgan fingerprint density at radius 2 is 1.79 bits per heavy atom. The van der Waals surface area contributed by atoms with Gasteiger partial charge in [0.2, 0.25) is 5.91 Å². The Morgan fingerprint density at radius 1 is 1.03 bits per heavy atom. The standard InChI is InChI=1S/C24H21N5O3S/c1-33(31,32)22-8-6-21(7-9-22)29-17-19(24(28-29)18-11-14-25-15-12-18)5-10-23(30)27-16-20-4-2-3-13-26-20/h2-15,17H,16H2,1H3,(H,27,30)/b10-5+. The van der Waals surface area contributed by atoms with Crippen LogP contribution >= 0.6 is 0 Å². The van der Waals surface area contributed by atoms with E-state index in [1.54, 1.807) is 59.8 Å². The Bertz CT molecular complexity index is 1380. The number of hydrogen-bond donors (Lipinski definition) is 1. The van der Waals surface area contributed by atoms with Crippen molar-refractivity contribution in [3.63, 3.8) is 0 Å². The smallest absolute Gasteiger partial charge is 0.244 e. The number of pyridine rings is 2. The van der Waals surface area contributed by atoms with Crippen LogP contribution < -0.4 is 5.32 Å². The van der Waals surface area contributed by atoms with Gasteiger partial charge in [0, 0.05) is 48.2 Å². The van der Waals surface area contributed by atoms with Gasteiger partial charge in [-0.05, 0) is 54.6 Å². The van der Waals surface area contributed by atoms with Gasteiger partial charge in [0.05, 0.1) is 22.8 Å². The molecule has 3 aromatic heterocycles. The molecule has 1 amide bonds. The van der Waals surface area contributed by atoms with Gasteiger partial charge in [-0.15, -0.1) is 0 Å². The molecule has 0 fully saturated rings. The zero-order chi connectivity index (χ0) is 23.3. The zero-order valence-corrected chi connectivity index (χ0v) is 18.6. The highest BCUT2D eigenvalue weighted by Crippen LogP contribution is 2.25. The number of nitrogens with one attached hydrogen (secondary N) is 1. The first-order valence-corrected chi connectivity index (χ1v) is 12.0. The predicted molar refractivity (Wildman–Crippen MR) is 125 cm³/mol. The number of nitrogens with zero attached hydrogens (tertiary/aromatic N) is 4. The lowest BCUT2D eigenvalue weighted by atomic mass is 10.1. The third kappa shape index (κ3) is 5.58. The van der Waals surface area contributed by atoms with Crippen LogP contribution in [0, 0.1) is 0 Å². The Balaban J connectivity index is 1.60. The summed E-state index contributed by atoms with van der Waals surface area (Å²) in [5.41, 5.74) is 3.68. The normalized spacial score (nSPS) is 11.5. The zero-order valence-electron chi connectivity index (χ0n) is 17.8. The molecule has 166 valence electrons. The van der Waals surface area contributed by atoms with Crippen molar-refractivity contribution in [2.45, 2.75) is 11.4 Å². The summed E-state index contributed by atoms with van der Waals surface area (Å²) in [6.45, 7) is 0.327. The summed E-state index contributed by atoms with van der Waals surface area (Å²) in [7, 11) is -3.29. The molecule has 3 heterocycles. The van der Waals surface area contributed by atoms with E-state index in [2.05, 4.69) is 20.4 Å². The number of amides is 1. The summed E-state index contributed by atoms with van der Waals surface area (Å²) in [6, 6.07) is 15.6. The molecule has 0 aliphatic heterocycles. The molecule has 1 aromatic carbocycles. The monoisotopic (exact) mass is 459 g/mol. The molecular weight excluding hydrogens is 438 g/mol.